The minimum Gasteiger partial charge on any atom is -0.543 e. The number of ether oxygens (including phenoxy) is 1. The lowest BCUT2D eigenvalue weighted by Crippen LogP contribution is -2.71. The summed E-state index contributed by atoms with van der Waals surface area (Å²) in [4.78, 5) is 49.4. The Morgan fingerprint density at radius 3 is 2.76 bits per heavy atom. The number of carboxylic acid groups (broad SMARTS) is 1. The molecule has 16 nitrogen and oxygen atoms in total. The standard InChI is InChI=1S/C26H31N8O8PS2/c1-3-12-41-29-18(21-28-26(45-31-21)30-43(39,42-4-2)33-10-13-40-14-11-33)22(35)27-19-23(36)34-20(25(37)38)17(16-44-24(19)34)15-32-8-6-5-7-9-32/h3,5-9,19,24H,1,4,10-16H2,2H3,(H2-,27,28,30,31,35,37,38,39)/b29-18-/t19?,24-,43?/m1/s1. The number of amides is 2. The Kier molecular flexibility index (Phi) is 10.6. The van der Waals surface area contributed by atoms with Crippen LogP contribution in [0.25, 0.3) is 0 Å². The van der Waals surface area contributed by atoms with Crippen molar-refractivity contribution in [3.63, 3.8) is 0 Å². The first-order chi connectivity index (χ1) is 21.8. The van der Waals surface area contributed by atoms with Crippen molar-refractivity contribution >= 4 is 59.6 Å². The van der Waals surface area contributed by atoms with Gasteiger partial charge in [-0.2, -0.15) is 9.36 Å². The molecule has 3 aliphatic heterocycles. The molecule has 2 N–H and O–H groups in total. The summed E-state index contributed by atoms with van der Waals surface area (Å²) in [7, 11) is -3.55. The highest BCUT2D eigenvalue weighted by Gasteiger charge is 2.53. The number of pyridine rings is 1. The molecule has 2 amide bonds. The fraction of sp³-hybridized carbons (Fsp3) is 0.423. The zero-order valence-electron chi connectivity index (χ0n) is 24.2. The summed E-state index contributed by atoms with van der Waals surface area (Å²) in [5.41, 5.74) is -0.0360. The molecular formula is C26H31N8O8PS2. The van der Waals surface area contributed by atoms with Crippen LogP contribution in [0.5, 0.6) is 0 Å². The second-order valence-electron chi connectivity index (χ2n) is 9.71. The fourth-order valence-electron chi connectivity index (χ4n) is 4.76. The average molecular weight is 679 g/mol. The Bertz CT molecular complexity index is 1550. The van der Waals surface area contributed by atoms with Gasteiger partial charge in [0.1, 0.15) is 18.0 Å². The molecule has 2 fully saturated rings. The van der Waals surface area contributed by atoms with E-state index in [0.29, 0.717) is 37.6 Å². The zero-order chi connectivity index (χ0) is 32.0. The number of β-lactam (4-membered cyclic amide) rings is 1. The van der Waals surface area contributed by atoms with Gasteiger partial charge in [0.15, 0.2) is 18.9 Å². The Morgan fingerprint density at radius 1 is 1.31 bits per heavy atom. The van der Waals surface area contributed by atoms with Gasteiger partial charge in [-0.25, -0.2) is 13.8 Å². The number of nitrogens with zero attached hydrogens (tertiary/aromatic N) is 6. The summed E-state index contributed by atoms with van der Waals surface area (Å²) in [6, 6.07) is 4.41. The van der Waals surface area contributed by atoms with Crippen LogP contribution in [0.3, 0.4) is 0 Å². The van der Waals surface area contributed by atoms with E-state index in [9.17, 15) is 24.1 Å². The van der Waals surface area contributed by atoms with Gasteiger partial charge in [-0.15, -0.1) is 11.8 Å². The molecule has 2 aromatic heterocycles. The van der Waals surface area contributed by atoms with Crippen LogP contribution in [0, 0.1) is 0 Å². The Balaban J connectivity index is 1.32. The molecule has 0 radical (unpaired) electrons. The molecule has 19 heteroatoms. The summed E-state index contributed by atoms with van der Waals surface area (Å²) in [5.74, 6) is -2.75. The number of rotatable bonds is 14. The molecule has 3 atom stereocenters. The first-order valence-corrected chi connectivity index (χ1v) is 17.3. The number of aromatic nitrogens is 3. The number of nitrogens with one attached hydrogen (secondary N) is 2. The van der Waals surface area contributed by atoms with Gasteiger partial charge >= 0.3 is 7.67 Å². The molecule has 3 aliphatic rings. The van der Waals surface area contributed by atoms with Gasteiger partial charge in [-0.3, -0.25) is 19.6 Å². The molecule has 5 rings (SSSR count). The van der Waals surface area contributed by atoms with Crippen molar-refractivity contribution < 1.29 is 42.7 Å². The number of anilines is 1. The maximum absolute atomic E-state index is 13.7. The zero-order valence-corrected chi connectivity index (χ0v) is 26.7. The lowest BCUT2D eigenvalue weighted by Gasteiger charge is -2.50. The topological polar surface area (TPSA) is 192 Å². The summed E-state index contributed by atoms with van der Waals surface area (Å²) >= 11 is 2.15. The molecule has 2 unspecified atom stereocenters. The van der Waals surface area contributed by atoms with Crippen molar-refractivity contribution in [1.29, 1.82) is 0 Å². The molecular weight excluding hydrogens is 647 g/mol. The van der Waals surface area contributed by atoms with Crippen LogP contribution in [-0.4, -0.2) is 99.1 Å². The Hall–Kier alpha value is -3.67. The van der Waals surface area contributed by atoms with Gasteiger partial charge in [-0.05, 0) is 6.92 Å². The third-order valence-electron chi connectivity index (χ3n) is 6.78. The quantitative estimate of drug-likeness (QED) is 0.0505. The van der Waals surface area contributed by atoms with Gasteiger partial charge in [0.25, 0.3) is 11.8 Å². The van der Waals surface area contributed by atoms with Gasteiger partial charge in [0.2, 0.25) is 16.7 Å². The number of fused-ring (bicyclic) bond motifs is 1. The molecule has 0 saturated carbocycles. The Labute approximate surface area is 266 Å². The summed E-state index contributed by atoms with van der Waals surface area (Å²) < 4.78 is 32.2. The molecule has 0 aliphatic carbocycles. The van der Waals surface area contributed by atoms with Crippen LogP contribution in [0.15, 0.2) is 59.7 Å². The SMILES string of the molecule is C=CCO/N=C(\C(=O)NC1C(=O)N2C(C(=O)[O-])=C(C[n+]3ccccc3)CS[C@H]12)c1nsc(NP(=O)(OCC)N2CCOCC2)n1. The number of morpholine rings is 1. The van der Waals surface area contributed by atoms with Gasteiger partial charge in [-0.1, -0.05) is 23.9 Å². The van der Waals surface area contributed by atoms with Crippen molar-refractivity contribution in [2.24, 2.45) is 5.16 Å². The maximum Gasteiger partial charge on any atom is 0.370 e. The molecule has 0 aromatic carbocycles. The van der Waals surface area contributed by atoms with E-state index in [0.717, 1.165) is 16.4 Å². The van der Waals surface area contributed by atoms with Crippen molar-refractivity contribution in [3.05, 3.63) is 60.3 Å². The van der Waals surface area contributed by atoms with Crippen molar-refractivity contribution in [2.45, 2.75) is 24.9 Å². The largest absolute Gasteiger partial charge is 0.543 e. The van der Waals surface area contributed by atoms with E-state index in [1.165, 1.54) is 17.8 Å². The predicted octanol–water partition coefficient (Wildman–Crippen LogP) is -0.275. The van der Waals surface area contributed by atoms with E-state index in [1.807, 2.05) is 18.2 Å². The van der Waals surface area contributed by atoms with E-state index in [1.54, 1.807) is 28.6 Å². The fourth-order valence-corrected chi connectivity index (χ4v) is 8.74. The van der Waals surface area contributed by atoms with Gasteiger partial charge in [0, 0.05) is 48.1 Å². The van der Waals surface area contributed by atoms with Crippen LogP contribution in [-0.2, 0) is 39.6 Å². The second-order valence-corrected chi connectivity index (χ2v) is 13.7. The third-order valence-corrected chi connectivity index (χ3v) is 11.1. The van der Waals surface area contributed by atoms with Gasteiger partial charge in [0.05, 0.1) is 31.5 Å². The van der Waals surface area contributed by atoms with Crippen LogP contribution in [0.2, 0.25) is 0 Å². The number of carbonyl (C=O) groups excluding carboxylic acids is 3. The smallest absolute Gasteiger partial charge is 0.370 e. The second kappa shape index (κ2) is 14.6. The average Bonchev–Trinajstić information content (AvgIpc) is 3.50. The van der Waals surface area contributed by atoms with E-state index in [-0.39, 0.29) is 42.1 Å². The number of oxime groups is 1. The number of hydrogen-bond donors (Lipinski definition) is 2. The molecule has 0 spiro atoms. The van der Waals surface area contributed by atoms with Crippen LogP contribution in [0.1, 0.15) is 12.7 Å². The predicted molar refractivity (Wildman–Crippen MR) is 162 cm³/mol. The minimum absolute atomic E-state index is 0.0286. The molecule has 45 heavy (non-hydrogen) atoms. The maximum atomic E-state index is 13.7. The van der Waals surface area contributed by atoms with Crippen LogP contribution in [0.4, 0.5) is 5.13 Å². The van der Waals surface area contributed by atoms with Crippen molar-refractivity contribution in [2.75, 3.05) is 50.4 Å². The lowest BCUT2D eigenvalue weighted by atomic mass is 10.0. The number of thioether (sulfide) groups is 1. The number of aliphatic carboxylic acids is 1. The van der Waals surface area contributed by atoms with Crippen LogP contribution >= 0.6 is 31.0 Å². The monoisotopic (exact) mass is 678 g/mol. The molecule has 2 aromatic rings. The van der Waals surface area contributed by atoms with Gasteiger partial charge < -0.3 is 29.3 Å². The normalized spacial score (nSPS) is 21.8. The molecule has 5 heterocycles. The molecule has 0 bridgehead atoms. The highest BCUT2D eigenvalue weighted by Crippen LogP contribution is 2.51. The summed E-state index contributed by atoms with van der Waals surface area (Å²) in [6.45, 7) is 7.22. The minimum atomic E-state index is -3.55. The summed E-state index contributed by atoms with van der Waals surface area (Å²) in [6.07, 6.45) is 5.00. The first-order valence-electron chi connectivity index (χ1n) is 13.9. The number of carbonyl (C=O) groups is 3. The van der Waals surface area contributed by atoms with E-state index < -0.39 is 36.9 Å². The highest BCUT2D eigenvalue weighted by atomic mass is 32.2. The Morgan fingerprint density at radius 2 is 2.07 bits per heavy atom. The first kappa shape index (κ1) is 32.7. The van der Waals surface area contributed by atoms with E-state index >= 15 is 0 Å². The summed E-state index contributed by atoms with van der Waals surface area (Å²) in [5, 5.41) is 20.9. The number of carboxylic acids is 1. The highest BCUT2D eigenvalue weighted by molar-refractivity contribution is 8.00. The van der Waals surface area contributed by atoms with Crippen LogP contribution < -0.4 is 20.1 Å². The van der Waals surface area contributed by atoms with E-state index in [2.05, 4.69) is 31.5 Å². The van der Waals surface area contributed by atoms with E-state index in [4.69, 9.17) is 14.1 Å². The molecule has 2 saturated heterocycles. The third kappa shape index (κ3) is 7.26. The van der Waals surface area contributed by atoms with Crippen molar-refractivity contribution in [1.82, 2.24) is 24.2 Å². The number of hydrogen-bond acceptors (Lipinski definition) is 13. The van der Waals surface area contributed by atoms with Crippen molar-refractivity contribution in [3.8, 4) is 0 Å². The molecule has 240 valence electrons. The lowest BCUT2D eigenvalue weighted by molar-refractivity contribution is -0.689.